The molecule has 1 aromatic heterocycles. The molecule has 8 heteroatoms. The van der Waals surface area contributed by atoms with Crippen LogP contribution in [0.5, 0.6) is 0 Å². The van der Waals surface area contributed by atoms with E-state index < -0.39 is 0 Å². The van der Waals surface area contributed by atoms with Crippen molar-refractivity contribution in [1.29, 1.82) is 5.26 Å². The predicted octanol–water partition coefficient (Wildman–Crippen LogP) is 1.08. The maximum atomic E-state index is 8.46. The molecule has 1 aromatic rings. The first-order valence-corrected chi connectivity index (χ1v) is 7.53. The Morgan fingerprint density at radius 1 is 1.67 bits per heavy atom. The molecular formula is C10H14N6S2. The van der Waals surface area contributed by atoms with Crippen molar-refractivity contribution in [3.8, 4) is 6.19 Å². The number of hydrogen-bond donors (Lipinski definition) is 2. The third kappa shape index (κ3) is 5.75. The molecule has 0 aliphatic carbocycles. The van der Waals surface area contributed by atoms with Gasteiger partial charge < -0.3 is 5.73 Å². The van der Waals surface area contributed by atoms with E-state index in [1.807, 2.05) is 12.4 Å². The molecule has 0 fully saturated rings. The van der Waals surface area contributed by atoms with Gasteiger partial charge in [0, 0.05) is 11.9 Å². The number of nitrogens with zero attached hydrogens (tertiary/aromatic N) is 4. The largest absolute Gasteiger partial charge is 0.384 e. The Morgan fingerprint density at radius 3 is 3.17 bits per heavy atom. The molecule has 1 heterocycles. The van der Waals surface area contributed by atoms with Crippen LogP contribution >= 0.6 is 23.5 Å². The monoisotopic (exact) mass is 282 g/mol. The summed E-state index contributed by atoms with van der Waals surface area (Å²) in [4.78, 5) is 12.5. The van der Waals surface area contributed by atoms with Crippen LogP contribution in [0.4, 0.5) is 5.82 Å². The molecule has 0 unspecified atom stereocenters. The van der Waals surface area contributed by atoms with Gasteiger partial charge in [0.1, 0.15) is 11.6 Å². The summed E-state index contributed by atoms with van der Waals surface area (Å²) in [5.41, 5.74) is 5.56. The number of aromatic nitrogens is 2. The number of thioether (sulfide) groups is 2. The van der Waals surface area contributed by atoms with Gasteiger partial charge in [0.05, 0.1) is 12.3 Å². The summed E-state index contributed by atoms with van der Waals surface area (Å²) in [6.07, 6.45) is 5.37. The second-order valence-electron chi connectivity index (χ2n) is 3.08. The number of nitrogen functional groups attached to an aromatic ring is 1. The summed E-state index contributed by atoms with van der Waals surface area (Å²) in [6, 6.07) is 1.66. The maximum Gasteiger partial charge on any atom is 0.183 e. The van der Waals surface area contributed by atoms with E-state index in [2.05, 4.69) is 20.3 Å². The SMILES string of the molecule is CSC(=NCCSCc1nccc(N)n1)NC#N. The number of hydrogen-bond acceptors (Lipinski definition) is 7. The van der Waals surface area contributed by atoms with Gasteiger partial charge in [0.25, 0.3) is 0 Å². The van der Waals surface area contributed by atoms with Gasteiger partial charge in [0.2, 0.25) is 0 Å². The standard InChI is InChI=1S/C10H14N6S2/c1-17-10(15-7-11)14-4-5-18-6-9-13-3-2-8(12)16-9/h2-3H,4-6H2,1H3,(H,14,15)(H2,12,13,16). The average Bonchev–Trinajstić information content (AvgIpc) is 2.37. The molecule has 0 aliphatic heterocycles. The van der Waals surface area contributed by atoms with E-state index in [0.29, 0.717) is 23.3 Å². The Hall–Kier alpha value is -1.46. The smallest absolute Gasteiger partial charge is 0.183 e. The van der Waals surface area contributed by atoms with Crippen molar-refractivity contribution in [2.24, 2.45) is 4.99 Å². The highest BCUT2D eigenvalue weighted by Crippen LogP contribution is 2.09. The summed E-state index contributed by atoms with van der Waals surface area (Å²) in [7, 11) is 0. The van der Waals surface area contributed by atoms with Gasteiger partial charge >= 0.3 is 0 Å². The van der Waals surface area contributed by atoms with Crippen molar-refractivity contribution in [2.75, 3.05) is 24.3 Å². The highest BCUT2D eigenvalue weighted by molar-refractivity contribution is 8.13. The third-order valence-corrected chi connectivity index (χ3v) is 3.36. The van der Waals surface area contributed by atoms with Crippen LogP contribution in [0.15, 0.2) is 17.3 Å². The summed E-state index contributed by atoms with van der Waals surface area (Å²) < 4.78 is 0. The molecule has 1 rings (SSSR count). The van der Waals surface area contributed by atoms with E-state index in [-0.39, 0.29) is 0 Å². The van der Waals surface area contributed by atoms with Crippen molar-refractivity contribution >= 4 is 34.5 Å². The lowest BCUT2D eigenvalue weighted by Crippen LogP contribution is -2.13. The number of nitrogens with two attached hydrogens (primary N) is 1. The predicted molar refractivity (Wildman–Crippen MR) is 77.2 cm³/mol. The number of amidine groups is 1. The molecular weight excluding hydrogens is 268 g/mol. The normalized spacial score (nSPS) is 11.0. The highest BCUT2D eigenvalue weighted by atomic mass is 32.2. The summed E-state index contributed by atoms with van der Waals surface area (Å²) >= 11 is 3.09. The van der Waals surface area contributed by atoms with Gasteiger partial charge in [-0.1, -0.05) is 11.8 Å². The van der Waals surface area contributed by atoms with E-state index in [1.54, 1.807) is 24.0 Å². The molecule has 18 heavy (non-hydrogen) atoms. The van der Waals surface area contributed by atoms with Crippen LogP contribution in [0.3, 0.4) is 0 Å². The lowest BCUT2D eigenvalue weighted by Gasteiger charge is -2.01. The molecule has 0 saturated carbocycles. The molecule has 0 atom stereocenters. The number of nitrogens with one attached hydrogen (secondary N) is 1. The van der Waals surface area contributed by atoms with Crippen molar-refractivity contribution in [1.82, 2.24) is 15.3 Å². The zero-order valence-corrected chi connectivity index (χ0v) is 11.6. The van der Waals surface area contributed by atoms with E-state index >= 15 is 0 Å². The number of nitriles is 1. The van der Waals surface area contributed by atoms with Crippen LogP contribution in [0, 0.1) is 11.5 Å². The molecule has 3 N–H and O–H groups in total. The molecule has 0 saturated heterocycles. The van der Waals surface area contributed by atoms with Crippen molar-refractivity contribution in [3.63, 3.8) is 0 Å². The van der Waals surface area contributed by atoms with E-state index in [4.69, 9.17) is 11.0 Å². The third-order valence-electron chi connectivity index (χ3n) is 1.81. The fraction of sp³-hybridized carbons (Fsp3) is 0.400. The Labute approximate surface area is 114 Å². The summed E-state index contributed by atoms with van der Waals surface area (Å²) in [6.45, 7) is 0.651. The summed E-state index contributed by atoms with van der Waals surface area (Å²) in [5.74, 6) is 2.77. The van der Waals surface area contributed by atoms with Crippen LogP contribution in [-0.4, -0.2) is 33.7 Å². The Bertz CT molecular complexity index is 442. The second-order valence-corrected chi connectivity index (χ2v) is 4.98. The molecule has 0 radical (unpaired) electrons. The van der Waals surface area contributed by atoms with E-state index in [1.165, 1.54) is 11.8 Å². The molecule has 0 amide bonds. The van der Waals surface area contributed by atoms with Gasteiger partial charge in [0.15, 0.2) is 11.4 Å². The van der Waals surface area contributed by atoms with E-state index in [0.717, 1.165) is 11.6 Å². The van der Waals surface area contributed by atoms with Crippen LogP contribution in [0.1, 0.15) is 5.82 Å². The second kappa shape index (κ2) is 8.60. The number of anilines is 1. The molecule has 0 spiro atoms. The number of aliphatic imine (C=N–C) groups is 1. The number of rotatable bonds is 5. The quantitative estimate of drug-likeness (QED) is 0.274. The zero-order chi connectivity index (χ0) is 13.2. The first kappa shape index (κ1) is 14.6. The van der Waals surface area contributed by atoms with Crippen LogP contribution in [0.2, 0.25) is 0 Å². The Kier molecular flexibility index (Phi) is 6.98. The van der Waals surface area contributed by atoms with Crippen LogP contribution in [0.25, 0.3) is 0 Å². The van der Waals surface area contributed by atoms with Crippen molar-refractivity contribution in [2.45, 2.75) is 5.75 Å². The molecule has 6 nitrogen and oxygen atoms in total. The lowest BCUT2D eigenvalue weighted by molar-refractivity contribution is 1.04. The first-order chi connectivity index (χ1) is 8.76. The first-order valence-electron chi connectivity index (χ1n) is 5.15. The van der Waals surface area contributed by atoms with E-state index in [9.17, 15) is 0 Å². The van der Waals surface area contributed by atoms with Gasteiger partial charge in [-0.3, -0.25) is 10.3 Å². The fourth-order valence-electron chi connectivity index (χ4n) is 1.06. The van der Waals surface area contributed by atoms with Gasteiger partial charge in [-0.05, 0) is 12.3 Å². The van der Waals surface area contributed by atoms with Gasteiger partial charge in [-0.15, -0.1) is 0 Å². The maximum absolute atomic E-state index is 8.46. The Balaban J connectivity index is 2.25. The van der Waals surface area contributed by atoms with Crippen LogP contribution in [-0.2, 0) is 5.75 Å². The summed E-state index contributed by atoms with van der Waals surface area (Å²) in [5, 5.41) is 11.6. The Morgan fingerprint density at radius 2 is 2.50 bits per heavy atom. The van der Waals surface area contributed by atoms with Gasteiger partial charge in [-0.25, -0.2) is 9.97 Å². The van der Waals surface area contributed by atoms with Crippen molar-refractivity contribution in [3.05, 3.63) is 18.1 Å². The zero-order valence-electron chi connectivity index (χ0n) is 9.96. The minimum atomic E-state index is 0.488. The van der Waals surface area contributed by atoms with Crippen LogP contribution < -0.4 is 11.1 Å². The topological polar surface area (TPSA) is 100.0 Å². The molecule has 0 bridgehead atoms. The highest BCUT2D eigenvalue weighted by Gasteiger charge is 1.98. The fourth-order valence-corrected chi connectivity index (χ4v) is 2.12. The van der Waals surface area contributed by atoms with Crippen molar-refractivity contribution < 1.29 is 0 Å². The molecule has 96 valence electrons. The molecule has 0 aliphatic rings. The minimum absolute atomic E-state index is 0.488. The minimum Gasteiger partial charge on any atom is -0.384 e. The average molecular weight is 282 g/mol. The lowest BCUT2D eigenvalue weighted by atomic mass is 10.5. The van der Waals surface area contributed by atoms with Gasteiger partial charge in [-0.2, -0.15) is 17.0 Å². The molecule has 0 aromatic carbocycles.